The highest BCUT2D eigenvalue weighted by atomic mass is 19.4. The number of aliphatic imine (C=N–C) groups is 1. The Hall–Kier alpha value is -1.90. The summed E-state index contributed by atoms with van der Waals surface area (Å²) in [6.45, 7) is 0. The van der Waals surface area contributed by atoms with Gasteiger partial charge in [0.1, 0.15) is 11.8 Å². The van der Waals surface area contributed by atoms with Crippen LogP contribution in [-0.2, 0) is 4.79 Å². The van der Waals surface area contributed by atoms with E-state index < -0.39 is 46.9 Å². The Labute approximate surface area is 120 Å². The molecule has 0 aromatic carbocycles. The molecule has 0 aromatic heterocycles. The van der Waals surface area contributed by atoms with Crippen LogP contribution in [0, 0.1) is 5.92 Å². The smallest absolute Gasteiger partial charge is 0.381 e. The normalized spacial score (nSPS) is 23.7. The summed E-state index contributed by atoms with van der Waals surface area (Å²) in [6.07, 6.45) is -9.72. The standard InChI is InChI=1S/C13H9F6NO2/c14-12(15,16)8-3-1-2-6-7(9(22)5-21)4-10(13(17,18)19)20-11(6)8/h1,3-6,9,22H,2H2. The lowest BCUT2D eigenvalue weighted by Gasteiger charge is -2.30. The fourth-order valence-electron chi connectivity index (χ4n) is 2.31. The van der Waals surface area contributed by atoms with Crippen LogP contribution in [0.15, 0.2) is 40.1 Å². The largest absolute Gasteiger partial charge is 0.433 e. The third kappa shape index (κ3) is 2.99. The number of fused-ring (bicyclic) bond motifs is 1. The van der Waals surface area contributed by atoms with Crippen LogP contribution in [0.2, 0.25) is 0 Å². The second-order valence-corrected chi connectivity index (χ2v) is 4.71. The number of nitrogens with zero attached hydrogens (tertiary/aromatic N) is 1. The Bertz CT molecular complexity index is 609. The Kier molecular flexibility index (Phi) is 4.03. The lowest BCUT2D eigenvalue weighted by molar-refractivity contribution is -0.113. The molecule has 0 bridgehead atoms. The monoisotopic (exact) mass is 325 g/mol. The van der Waals surface area contributed by atoms with Crippen LogP contribution in [0.25, 0.3) is 0 Å². The summed E-state index contributed by atoms with van der Waals surface area (Å²) in [7, 11) is 0. The third-order valence-corrected chi connectivity index (χ3v) is 3.28. The van der Waals surface area contributed by atoms with Crippen LogP contribution in [0.1, 0.15) is 6.42 Å². The minimum absolute atomic E-state index is 0.0334. The van der Waals surface area contributed by atoms with Crippen LogP contribution < -0.4 is 0 Å². The van der Waals surface area contributed by atoms with Gasteiger partial charge in [-0.2, -0.15) is 26.3 Å². The zero-order valence-electron chi connectivity index (χ0n) is 10.7. The molecule has 3 nitrogen and oxygen atoms in total. The summed E-state index contributed by atoms with van der Waals surface area (Å²) in [5, 5.41) is 9.51. The molecule has 2 aliphatic rings. The highest BCUT2D eigenvalue weighted by Gasteiger charge is 2.44. The lowest BCUT2D eigenvalue weighted by atomic mass is 9.81. The molecule has 1 heterocycles. The summed E-state index contributed by atoms with van der Waals surface area (Å²) in [5.74, 6) is -1.21. The molecule has 2 unspecified atom stereocenters. The molecule has 9 heteroatoms. The van der Waals surface area contributed by atoms with Gasteiger partial charge in [-0.3, -0.25) is 0 Å². The number of halogens is 6. The number of aliphatic hydroxyl groups is 1. The van der Waals surface area contributed by atoms with Gasteiger partial charge in [0.05, 0.1) is 11.3 Å². The molecule has 1 aliphatic carbocycles. The summed E-state index contributed by atoms with van der Waals surface area (Å²) >= 11 is 0. The number of aldehydes is 1. The summed E-state index contributed by atoms with van der Waals surface area (Å²) in [6, 6.07) is 0. The number of allylic oxidation sites excluding steroid dienone is 5. The number of hydrogen-bond acceptors (Lipinski definition) is 3. The molecule has 0 saturated heterocycles. The number of dihydropyridines is 1. The summed E-state index contributed by atoms with van der Waals surface area (Å²) in [4.78, 5) is 13.7. The third-order valence-electron chi connectivity index (χ3n) is 3.28. The van der Waals surface area contributed by atoms with Gasteiger partial charge in [0.25, 0.3) is 0 Å². The molecule has 2 atom stereocenters. The van der Waals surface area contributed by atoms with E-state index in [0.717, 1.165) is 6.08 Å². The highest BCUT2D eigenvalue weighted by molar-refractivity contribution is 6.02. The Morgan fingerprint density at radius 1 is 1.23 bits per heavy atom. The molecule has 0 radical (unpaired) electrons. The molecular formula is C13H9F6NO2. The van der Waals surface area contributed by atoms with Crippen molar-refractivity contribution in [3.63, 3.8) is 0 Å². The van der Waals surface area contributed by atoms with E-state index >= 15 is 0 Å². The van der Waals surface area contributed by atoms with E-state index in [1.54, 1.807) is 0 Å². The SMILES string of the molecule is O=CC(O)C1=CC(C(F)(F)F)=NC2=C(C(F)(F)F)C=CCC12. The molecule has 0 fully saturated rings. The maximum atomic E-state index is 12.9. The second kappa shape index (κ2) is 5.38. The first-order valence-corrected chi connectivity index (χ1v) is 6.04. The van der Waals surface area contributed by atoms with Gasteiger partial charge in [-0.15, -0.1) is 0 Å². The first-order valence-electron chi connectivity index (χ1n) is 6.04. The van der Waals surface area contributed by atoms with Gasteiger partial charge in [-0.1, -0.05) is 12.2 Å². The predicted octanol–water partition coefficient (Wildman–Crippen LogP) is 2.88. The van der Waals surface area contributed by atoms with E-state index in [2.05, 4.69) is 4.99 Å². The molecule has 22 heavy (non-hydrogen) atoms. The van der Waals surface area contributed by atoms with E-state index in [9.17, 15) is 36.2 Å². The molecule has 1 aliphatic heterocycles. The van der Waals surface area contributed by atoms with Gasteiger partial charge in [0.15, 0.2) is 6.29 Å². The number of rotatable bonds is 2. The van der Waals surface area contributed by atoms with Crippen molar-refractivity contribution in [3.8, 4) is 0 Å². The van der Waals surface area contributed by atoms with Crippen molar-refractivity contribution >= 4 is 12.0 Å². The Morgan fingerprint density at radius 3 is 2.36 bits per heavy atom. The van der Waals surface area contributed by atoms with Crippen LogP contribution in [0.3, 0.4) is 0 Å². The van der Waals surface area contributed by atoms with Crippen LogP contribution >= 0.6 is 0 Å². The van der Waals surface area contributed by atoms with Crippen molar-refractivity contribution in [1.82, 2.24) is 0 Å². The maximum Gasteiger partial charge on any atom is 0.433 e. The molecule has 0 saturated carbocycles. The Morgan fingerprint density at radius 2 is 1.86 bits per heavy atom. The van der Waals surface area contributed by atoms with Crippen LogP contribution in [0.4, 0.5) is 26.3 Å². The number of alkyl halides is 6. The molecule has 0 spiro atoms. The average Bonchev–Trinajstić information content (AvgIpc) is 2.42. The van der Waals surface area contributed by atoms with Gasteiger partial charge in [0, 0.05) is 5.92 Å². The molecule has 2 rings (SSSR count). The van der Waals surface area contributed by atoms with E-state index in [-0.39, 0.29) is 12.7 Å². The van der Waals surface area contributed by atoms with Gasteiger partial charge in [-0.05, 0) is 18.1 Å². The second-order valence-electron chi connectivity index (χ2n) is 4.71. The molecule has 1 N–H and O–H groups in total. The summed E-state index contributed by atoms with van der Waals surface area (Å²) in [5.41, 5.74) is -4.17. The zero-order chi connectivity index (χ0) is 16.7. The van der Waals surface area contributed by atoms with Crippen LogP contribution in [0.5, 0.6) is 0 Å². The quantitative estimate of drug-likeness (QED) is 0.627. The number of aliphatic hydroxyl groups excluding tert-OH is 1. The van der Waals surface area contributed by atoms with Crippen molar-refractivity contribution in [1.29, 1.82) is 0 Å². The number of hydrogen-bond donors (Lipinski definition) is 1. The number of carbonyl (C=O) groups excluding carboxylic acids is 1. The molecule has 120 valence electrons. The van der Waals surface area contributed by atoms with E-state index in [4.69, 9.17) is 0 Å². The lowest BCUT2D eigenvalue weighted by Crippen LogP contribution is -2.33. The van der Waals surface area contributed by atoms with Crippen molar-refractivity contribution in [2.75, 3.05) is 0 Å². The van der Waals surface area contributed by atoms with Gasteiger partial charge >= 0.3 is 12.4 Å². The molecule has 0 aromatic rings. The van der Waals surface area contributed by atoms with E-state index in [1.807, 2.05) is 0 Å². The fraction of sp³-hybridized carbons (Fsp3) is 0.385. The Balaban J connectivity index is 2.67. The van der Waals surface area contributed by atoms with Gasteiger partial charge < -0.3 is 9.90 Å². The topological polar surface area (TPSA) is 49.7 Å². The van der Waals surface area contributed by atoms with Crippen molar-refractivity contribution in [3.05, 3.63) is 35.1 Å². The van der Waals surface area contributed by atoms with Crippen molar-refractivity contribution in [2.24, 2.45) is 10.9 Å². The van der Waals surface area contributed by atoms with Crippen molar-refractivity contribution in [2.45, 2.75) is 24.9 Å². The summed E-state index contributed by atoms with van der Waals surface area (Å²) < 4.78 is 77.2. The van der Waals surface area contributed by atoms with E-state index in [1.165, 1.54) is 0 Å². The maximum absolute atomic E-state index is 12.9. The zero-order valence-corrected chi connectivity index (χ0v) is 10.7. The van der Waals surface area contributed by atoms with Crippen LogP contribution in [-0.4, -0.2) is 35.6 Å². The van der Waals surface area contributed by atoms with Gasteiger partial charge in [-0.25, -0.2) is 4.99 Å². The highest BCUT2D eigenvalue weighted by Crippen LogP contribution is 2.43. The predicted molar refractivity (Wildman–Crippen MR) is 64.0 cm³/mol. The fourth-order valence-corrected chi connectivity index (χ4v) is 2.31. The molecular weight excluding hydrogens is 316 g/mol. The minimum atomic E-state index is -5.00. The minimum Gasteiger partial charge on any atom is -0.381 e. The first kappa shape index (κ1) is 16.5. The average molecular weight is 325 g/mol. The molecule has 0 amide bonds. The van der Waals surface area contributed by atoms with Crippen molar-refractivity contribution < 1.29 is 36.2 Å². The first-order chi connectivity index (χ1) is 10.1. The number of carbonyl (C=O) groups is 1. The van der Waals surface area contributed by atoms with E-state index in [0.29, 0.717) is 12.2 Å². The van der Waals surface area contributed by atoms with Gasteiger partial charge in [0.2, 0.25) is 0 Å².